The van der Waals surface area contributed by atoms with E-state index in [1.165, 1.54) is 0 Å². The van der Waals surface area contributed by atoms with E-state index in [1.807, 2.05) is 78.9 Å². The lowest BCUT2D eigenvalue weighted by Crippen LogP contribution is -2.09. The van der Waals surface area contributed by atoms with E-state index in [-0.39, 0.29) is 6.23 Å². The van der Waals surface area contributed by atoms with E-state index in [9.17, 15) is 0 Å². The van der Waals surface area contributed by atoms with Crippen LogP contribution in [-0.4, -0.2) is 15.0 Å². The zero-order chi connectivity index (χ0) is 31.2. The van der Waals surface area contributed by atoms with E-state index in [0.29, 0.717) is 17.5 Å². The molecule has 8 aromatic rings. The first-order chi connectivity index (χ1) is 23.3. The van der Waals surface area contributed by atoms with E-state index in [2.05, 4.69) is 84.2 Å². The molecule has 0 amide bonds. The van der Waals surface area contributed by atoms with Crippen molar-refractivity contribution in [3.8, 4) is 51.0 Å². The molecule has 2 heterocycles. The van der Waals surface area contributed by atoms with Crippen LogP contribution >= 0.6 is 0 Å². The maximum atomic E-state index is 6.60. The van der Waals surface area contributed by atoms with Crippen molar-refractivity contribution in [2.45, 2.75) is 6.23 Å². The van der Waals surface area contributed by atoms with Gasteiger partial charge in [0.1, 0.15) is 0 Å². The molecular formula is C42H28N4O. The molecule has 1 atom stereocenters. The Kier molecular flexibility index (Phi) is 6.46. The molecular weight excluding hydrogens is 576 g/mol. The Hall–Kier alpha value is -6.33. The number of ether oxygens (including phenoxy) is 1. The third-order valence-electron chi connectivity index (χ3n) is 8.73. The van der Waals surface area contributed by atoms with E-state index < -0.39 is 0 Å². The van der Waals surface area contributed by atoms with Crippen molar-refractivity contribution < 1.29 is 4.74 Å². The van der Waals surface area contributed by atoms with Crippen molar-refractivity contribution in [3.63, 3.8) is 0 Å². The van der Waals surface area contributed by atoms with E-state index in [4.69, 9.17) is 19.7 Å². The summed E-state index contributed by atoms with van der Waals surface area (Å²) >= 11 is 0. The van der Waals surface area contributed by atoms with Crippen molar-refractivity contribution >= 4 is 27.2 Å². The molecule has 222 valence electrons. The van der Waals surface area contributed by atoms with Gasteiger partial charge in [0.2, 0.25) is 0 Å². The van der Waals surface area contributed by atoms with Crippen LogP contribution in [-0.2, 0) is 0 Å². The van der Waals surface area contributed by atoms with Gasteiger partial charge in [0.15, 0.2) is 29.5 Å². The van der Waals surface area contributed by atoms with Crippen molar-refractivity contribution in [2.75, 3.05) is 5.32 Å². The molecule has 47 heavy (non-hydrogen) atoms. The molecule has 1 N–H and O–H groups in total. The lowest BCUT2D eigenvalue weighted by Gasteiger charge is -2.13. The number of aromatic nitrogens is 3. The molecule has 0 fully saturated rings. The third kappa shape index (κ3) is 4.95. The van der Waals surface area contributed by atoms with Gasteiger partial charge in [-0.15, -0.1) is 0 Å². The van der Waals surface area contributed by atoms with Crippen molar-refractivity contribution in [2.24, 2.45) is 0 Å². The highest BCUT2D eigenvalue weighted by Crippen LogP contribution is 2.46. The maximum Gasteiger partial charge on any atom is 0.196 e. The van der Waals surface area contributed by atoms with Gasteiger partial charge in [-0.25, -0.2) is 15.0 Å². The summed E-state index contributed by atoms with van der Waals surface area (Å²) in [6, 6.07) is 54.1. The fourth-order valence-electron chi connectivity index (χ4n) is 6.37. The van der Waals surface area contributed by atoms with Gasteiger partial charge in [-0.2, -0.15) is 0 Å². The molecule has 0 saturated heterocycles. The SMILES string of the molecule is c1ccc(-c2nc(-c3ccccc3)nc(-c3cccc(-c4ccc5ccc6ccc7c(c6c5c4)OC(c4ccccc4)N7)c3)n2)cc1. The topological polar surface area (TPSA) is 59.9 Å². The van der Waals surface area contributed by atoms with Gasteiger partial charge in [-0.05, 0) is 45.5 Å². The average molecular weight is 605 g/mol. The summed E-state index contributed by atoms with van der Waals surface area (Å²) in [6.45, 7) is 0. The van der Waals surface area contributed by atoms with E-state index in [1.54, 1.807) is 0 Å². The predicted octanol–water partition coefficient (Wildman–Crippen LogP) is 10.3. The Morgan fingerprint density at radius 1 is 0.447 bits per heavy atom. The van der Waals surface area contributed by atoms with Crippen LogP contribution in [0.1, 0.15) is 11.8 Å². The number of hydrogen-bond donors (Lipinski definition) is 1. The second kappa shape index (κ2) is 11.2. The summed E-state index contributed by atoms with van der Waals surface area (Å²) in [5.74, 6) is 2.82. The molecule has 1 aliphatic heterocycles. The first kappa shape index (κ1) is 27.0. The molecule has 1 unspecified atom stereocenters. The van der Waals surface area contributed by atoms with Crippen LogP contribution < -0.4 is 10.1 Å². The normalized spacial score (nSPS) is 13.7. The van der Waals surface area contributed by atoms with Crippen molar-refractivity contribution in [1.29, 1.82) is 0 Å². The lowest BCUT2D eigenvalue weighted by molar-refractivity contribution is 0.263. The zero-order valence-electron chi connectivity index (χ0n) is 25.3. The highest BCUT2D eigenvalue weighted by atomic mass is 16.5. The van der Waals surface area contributed by atoms with Crippen LogP contribution in [0.15, 0.2) is 158 Å². The maximum absolute atomic E-state index is 6.60. The summed E-state index contributed by atoms with van der Waals surface area (Å²) in [5.41, 5.74) is 7.11. The van der Waals surface area contributed by atoms with Gasteiger partial charge < -0.3 is 10.1 Å². The number of anilines is 1. The molecule has 0 spiro atoms. The molecule has 1 aliphatic rings. The van der Waals surface area contributed by atoms with E-state index in [0.717, 1.165) is 66.4 Å². The summed E-state index contributed by atoms with van der Waals surface area (Å²) < 4.78 is 6.60. The Bertz CT molecular complexity index is 2350. The van der Waals surface area contributed by atoms with Gasteiger partial charge in [0, 0.05) is 27.6 Å². The molecule has 0 saturated carbocycles. The fourth-order valence-corrected chi connectivity index (χ4v) is 6.37. The van der Waals surface area contributed by atoms with Crippen LogP contribution in [0.25, 0.3) is 66.8 Å². The molecule has 5 heteroatoms. The molecule has 1 aromatic heterocycles. The highest BCUT2D eigenvalue weighted by Gasteiger charge is 2.26. The quantitative estimate of drug-likeness (QED) is 0.198. The standard InChI is InChI=1S/C42H28N4O/c1-4-11-29(12-5-1)39-44-40(30-13-6-2-7-14-30)46-41(45-39)34-18-10-17-32(25-34)33-22-20-27-19-21-28-23-24-36-38(37(28)35(27)26-33)47-42(43-36)31-15-8-3-9-16-31/h1-26,42-43H. The Morgan fingerprint density at radius 3 is 1.68 bits per heavy atom. The van der Waals surface area contributed by atoms with Crippen LogP contribution in [0.2, 0.25) is 0 Å². The monoisotopic (exact) mass is 604 g/mol. The number of nitrogens with one attached hydrogen (secondary N) is 1. The molecule has 0 radical (unpaired) electrons. The second-order valence-corrected chi connectivity index (χ2v) is 11.7. The Labute approximate surface area is 272 Å². The molecule has 0 bridgehead atoms. The van der Waals surface area contributed by atoms with Crippen LogP contribution in [0.3, 0.4) is 0 Å². The third-order valence-corrected chi connectivity index (χ3v) is 8.73. The molecule has 5 nitrogen and oxygen atoms in total. The van der Waals surface area contributed by atoms with E-state index >= 15 is 0 Å². The minimum absolute atomic E-state index is 0.228. The zero-order valence-corrected chi connectivity index (χ0v) is 25.3. The Balaban J connectivity index is 1.15. The summed E-state index contributed by atoms with van der Waals surface area (Å²) in [4.78, 5) is 14.8. The van der Waals surface area contributed by atoms with Gasteiger partial charge in [0.05, 0.1) is 5.69 Å². The van der Waals surface area contributed by atoms with Gasteiger partial charge in [0.25, 0.3) is 0 Å². The van der Waals surface area contributed by atoms with Crippen LogP contribution in [0.5, 0.6) is 5.75 Å². The number of rotatable bonds is 5. The first-order valence-electron chi connectivity index (χ1n) is 15.7. The highest BCUT2D eigenvalue weighted by molar-refractivity contribution is 6.13. The van der Waals surface area contributed by atoms with Crippen LogP contribution in [0.4, 0.5) is 5.69 Å². The average Bonchev–Trinajstić information content (AvgIpc) is 3.60. The molecule has 9 rings (SSSR count). The summed E-state index contributed by atoms with van der Waals surface area (Å²) in [7, 11) is 0. The number of hydrogen-bond acceptors (Lipinski definition) is 5. The lowest BCUT2D eigenvalue weighted by atomic mass is 9.95. The molecule has 7 aromatic carbocycles. The fraction of sp³-hybridized carbons (Fsp3) is 0.0238. The minimum atomic E-state index is -0.228. The predicted molar refractivity (Wildman–Crippen MR) is 190 cm³/mol. The first-order valence-corrected chi connectivity index (χ1v) is 15.7. The minimum Gasteiger partial charge on any atom is -0.464 e. The number of benzene rings is 7. The second-order valence-electron chi connectivity index (χ2n) is 11.7. The van der Waals surface area contributed by atoms with Crippen LogP contribution in [0, 0.1) is 0 Å². The number of nitrogens with zero attached hydrogens (tertiary/aromatic N) is 3. The largest absolute Gasteiger partial charge is 0.464 e. The van der Waals surface area contributed by atoms with Gasteiger partial charge in [-0.1, -0.05) is 140 Å². The summed E-state index contributed by atoms with van der Waals surface area (Å²) in [6.07, 6.45) is -0.228. The summed E-state index contributed by atoms with van der Waals surface area (Å²) in [5, 5.41) is 8.14. The van der Waals surface area contributed by atoms with Crippen molar-refractivity contribution in [3.05, 3.63) is 163 Å². The molecule has 0 aliphatic carbocycles. The smallest absolute Gasteiger partial charge is 0.196 e. The van der Waals surface area contributed by atoms with Gasteiger partial charge in [-0.3, -0.25) is 0 Å². The van der Waals surface area contributed by atoms with Crippen molar-refractivity contribution in [1.82, 2.24) is 15.0 Å². The number of fused-ring (bicyclic) bond motifs is 5. The van der Waals surface area contributed by atoms with Gasteiger partial charge >= 0.3 is 0 Å². The Morgan fingerprint density at radius 2 is 0.979 bits per heavy atom.